The third kappa shape index (κ3) is 2.25. The first-order chi connectivity index (χ1) is 8.14. The van der Waals surface area contributed by atoms with E-state index in [9.17, 15) is 0 Å². The predicted octanol–water partition coefficient (Wildman–Crippen LogP) is 1.86. The molecule has 1 saturated carbocycles. The molecule has 1 aliphatic heterocycles. The number of hydrogen-bond acceptors (Lipinski definition) is 3. The van der Waals surface area contributed by atoms with Crippen LogP contribution < -0.4 is 5.73 Å². The number of hydrogen-bond donors (Lipinski definition) is 1. The summed E-state index contributed by atoms with van der Waals surface area (Å²) in [6.45, 7) is 7.75. The zero-order valence-corrected chi connectivity index (χ0v) is 11.6. The molecule has 0 aromatic carbocycles. The van der Waals surface area contributed by atoms with Gasteiger partial charge in [-0.25, -0.2) is 0 Å². The fraction of sp³-hybridized carbons (Fsp3) is 1.00. The van der Waals surface area contributed by atoms with E-state index in [1.807, 2.05) is 7.11 Å². The molecule has 4 atom stereocenters. The molecule has 0 amide bonds. The number of likely N-dealkylation sites (tertiary alicyclic amines) is 1. The fourth-order valence-electron chi connectivity index (χ4n) is 3.88. The van der Waals surface area contributed by atoms with Crippen molar-refractivity contribution in [3.63, 3.8) is 0 Å². The molecule has 1 heterocycles. The van der Waals surface area contributed by atoms with Crippen molar-refractivity contribution in [3.05, 3.63) is 0 Å². The van der Waals surface area contributed by atoms with Crippen LogP contribution in [0.2, 0.25) is 0 Å². The number of nitrogens with two attached hydrogens (primary N) is 1. The third-order valence-corrected chi connectivity index (χ3v) is 5.34. The maximum atomic E-state index is 6.13. The molecule has 0 bridgehead atoms. The van der Waals surface area contributed by atoms with Gasteiger partial charge in [0.2, 0.25) is 0 Å². The quantitative estimate of drug-likeness (QED) is 0.818. The van der Waals surface area contributed by atoms with Crippen molar-refractivity contribution in [1.29, 1.82) is 0 Å². The lowest BCUT2D eigenvalue weighted by Crippen LogP contribution is -2.60. The van der Waals surface area contributed by atoms with Gasteiger partial charge >= 0.3 is 0 Å². The van der Waals surface area contributed by atoms with E-state index >= 15 is 0 Å². The average Bonchev–Trinajstić information content (AvgIpc) is 2.72. The Bertz CT molecular complexity index is 259. The second-order valence-corrected chi connectivity index (χ2v) is 6.09. The molecule has 0 aromatic rings. The first-order valence-corrected chi connectivity index (χ1v) is 7.12. The lowest BCUT2D eigenvalue weighted by molar-refractivity contribution is -0.0536. The van der Waals surface area contributed by atoms with Crippen molar-refractivity contribution >= 4 is 0 Å². The van der Waals surface area contributed by atoms with Crippen LogP contribution in [-0.4, -0.2) is 43.3 Å². The number of methoxy groups -OCH3 is 1. The van der Waals surface area contributed by atoms with E-state index in [0.29, 0.717) is 12.0 Å². The van der Waals surface area contributed by atoms with E-state index < -0.39 is 0 Å². The average molecular weight is 240 g/mol. The molecule has 17 heavy (non-hydrogen) atoms. The SMILES string of the molecule is COC1CN(C2(CN)CCCC2C)CCC1C. The van der Waals surface area contributed by atoms with Gasteiger partial charge < -0.3 is 10.5 Å². The van der Waals surface area contributed by atoms with Gasteiger partial charge in [0.05, 0.1) is 6.10 Å². The summed E-state index contributed by atoms with van der Waals surface area (Å²) >= 11 is 0. The van der Waals surface area contributed by atoms with Crippen LogP contribution in [0.4, 0.5) is 0 Å². The third-order valence-electron chi connectivity index (χ3n) is 5.34. The summed E-state index contributed by atoms with van der Waals surface area (Å²) in [4.78, 5) is 2.64. The van der Waals surface area contributed by atoms with Gasteiger partial charge in [0.1, 0.15) is 0 Å². The molecule has 0 aromatic heterocycles. The minimum absolute atomic E-state index is 0.261. The molecule has 1 saturated heterocycles. The van der Waals surface area contributed by atoms with Crippen LogP contribution in [0.25, 0.3) is 0 Å². The van der Waals surface area contributed by atoms with Crippen LogP contribution in [0.5, 0.6) is 0 Å². The highest BCUT2D eigenvalue weighted by atomic mass is 16.5. The Kier molecular flexibility index (Phi) is 4.11. The molecular weight excluding hydrogens is 212 g/mol. The Balaban J connectivity index is 2.10. The molecular formula is C14H28N2O. The van der Waals surface area contributed by atoms with Gasteiger partial charge in [-0.05, 0) is 37.6 Å². The van der Waals surface area contributed by atoms with Crippen molar-refractivity contribution in [2.75, 3.05) is 26.7 Å². The molecule has 1 aliphatic carbocycles. The molecule has 3 nitrogen and oxygen atoms in total. The monoisotopic (exact) mass is 240 g/mol. The normalized spacial score (nSPS) is 44.1. The fourth-order valence-corrected chi connectivity index (χ4v) is 3.88. The highest BCUT2D eigenvalue weighted by Crippen LogP contribution is 2.41. The van der Waals surface area contributed by atoms with Gasteiger partial charge in [-0.3, -0.25) is 4.90 Å². The molecule has 2 aliphatic rings. The van der Waals surface area contributed by atoms with Gasteiger partial charge in [0, 0.05) is 25.7 Å². The van der Waals surface area contributed by atoms with Crippen molar-refractivity contribution in [2.24, 2.45) is 17.6 Å². The molecule has 0 radical (unpaired) electrons. The zero-order valence-electron chi connectivity index (χ0n) is 11.6. The maximum absolute atomic E-state index is 6.13. The maximum Gasteiger partial charge on any atom is 0.0724 e. The van der Waals surface area contributed by atoms with Gasteiger partial charge in [-0.1, -0.05) is 20.3 Å². The summed E-state index contributed by atoms with van der Waals surface area (Å²) in [5.41, 5.74) is 6.39. The predicted molar refractivity (Wildman–Crippen MR) is 71.0 cm³/mol. The second kappa shape index (κ2) is 5.25. The summed E-state index contributed by atoms with van der Waals surface area (Å²) in [6, 6.07) is 0. The standard InChI is InChI=1S/C14H28N2O/c1-11-6-8-16(9-13(11)17-3)14(10-15)7-4-5-12(14)2/h11-13H,4-10,15H2,1-3H3. The molecule has 2 rings (SSSR count). The molecule has 0 spiro atoms. The van der Waals surface area contributed by atoms with E-state index in [0.717, 1.165) is 19.0 Å². The van der Waals surface area contributed by atoms with Crippen LogP contribution >= 0.6 is 0 Å². The van der Waals surface area contributed by atoms with E-state index in [-0.39, 0.29) is 5.54 Å². The van der Waals surface area contributed by atoms with Gasteiger partial charge in [0.25, 0.3) is 0 Å². The van der Waals surface area contributed by atoms with Gasteiger partial charge in [-0.2, -0.15) is 0 Å². The first-order valence-electron chi connectivity index (χ1n) is 7.12. The van der Waals surface area contributed by atoms with Crippen LogP contribution in [-0.2, 0) is 4.74 Å². The van der Waals surface area contributed by atoms with E-state index in [1.165, 1.54) is 32.2 Å². The van der Waals surface area contributed by atoms with Gasteiger partial charge in [0.15, 0.2) is 0 Å². The highest BCUT2D eigenvalue weighted by molar-refractivity contribution is 5.02. The summed E-state index contributed by atoms with van der Waals surface area (Å²) < 4.78 is 5.64. The Hall–Kier alpha value is -0.120. The van der Waals surface area contributed by atoms with Crippen molar-refractivity contribution < 1.29 is 4.74 Å². The van der Waals surface area contributed by atoms with Crippen LogP contribution in [0.3, 0.4) is 0 Å². The molecule has 2 fully saturated rings. The summed E-state index contributed by atoms with van der Waals surface area (Å²) in [7, 11) is 1.85. The number of piperidine rings is 1. The van der Waals surface area contributed by atoms with Crippen molar-refractivity contribution in [2.45, 2.75) is 51.2 Å². The number of ether oxygens (including phenoxy) is 1. The lowest BCUT2D eigenvalue weighted by Gasteiger charge is -2.49. The van der Waals surface area contributed by atoms with Crippen molar-refractivity contribution in [1.82, 2.24) is 4.90 Å². The second-order valence-electron chi connectivity index (χ2n) is 6.09. The minimum atomic E-state index is 0.261. The van der Waals surface area contributed by atoms with E-state index in [4.69, 9.17) is 10.5 Å². The summed E-state index contributed by atoms with van der Waals surface area (Å²) in [5, 5.41) is 0. The summed E-state index contributed by atoms with van der Waals surface area (Å²) in [5.74, 6) is 1.42. The topological polar surface area (TPSA) is 38.5 Å². The lowest BCUT2D eigenvalue weighted by atomic mass is 9.83. The minimum Gasteiger partial charge on any atom is -0.380 e. The van der Waals surface area contributed by atoms with Gasteiger partial charge in [-0.15, -0.1) is 0 Å². The molecule has 2 N–H and O–H groups in total. The largest absolute Gasteiger partial charge is 0.380 e. The Labute approximate surface area is 106 Å². The molecule has 3 heteroatoms. The number of rotatable bonds is 3. The Morgan fingerprint density at radius 3 is 2.65 bits per heavy atom. The van der Waals surface area contributed by atoms with E-state index in [2.05, 4.69) is 18.7 Å². The molecule has 100 valence electrons. The van der Waals surface area contributed by atoms with Crippen LogP contribution in [0, 0.1) is 11.8 Å². The van der Waals surface area contributed by atoms with E-state index in [1.54, 1.807) is 0 Å². The van der Waals surface area contributed by atoms with Crippen LogP contribution in [0.15, 0.2) is 0 Å². The highest BCUT2D eigenvalue weighted by Gasteiger charge is 2.46. The Morgan fingerprint density at radius 2 is 2.12 bits per heavy atom. The number of nitrogens with zero attached hydrogens (tertiary/aromatic N) is 1. The van der Waals surface area contributed by atoms with Crippen molar-refractivity contribution in [3.8, 4) is 0 Å². The Morgan fingerprint density at radius 1 is 1.35 bits per heavy atom. The first kappa shape index (κ1) is 13.3. The smallest absolute Gasteiger partial charge is 0.0724 e. The molecule has 4 unspecified atom stereocenters. The van der Waals surface area contributed by atoms with Crippen LogP contribution in [0.1, 0.15) is 39.5 Å². The zero-order chi connectivity index (χ0) is 12.5. The summed E-state index contributed by atoms with van der Waals surface area (Å²) in [6.07, 6.45) is 5.57.